The lowest BCUT2D eigenvalue weighted by molar-refractivity contribution is -0.143. The van der Waals surface area contributed by atoms with Crippen LogP contribution in [0, 0.1) is 0 Å². The highest BCUT2D eigenvalue weighted by molar-refractivity contribution is 9.10. The monoisotopic (exact) mass is 663 g/mol. The van der Waals surface area contributed by atoms with Crippen molar-refractivity contribution in [2.24, 2.45) is 0 Å². The van der Waals surface area contributed by atoms with Gasteiger partial charge in [-0.3, -0.25) is 19.3 Å². The first-order chi connectivity index (χ1) is 20.1. The Kier molecular flexibility index (Phi) is 9.83. The van der Waals surface area contributed by atoms with Crippen LogP contribution < -0.4 is 4.72 Å². The minimum Gasteiger partial charge on any atom is -0.375 e. The van der Waals surface area contributed by atoms with Crippen molar-refractivity contribution in [2.75, 3.05) is 66.1 Å². The fourth-order valence-electron chi connectivity index (χ4n) is 6.12. The normalized spacial score (nSPS) is 22.2. The second-order valence-corrected chi connectivity index (χ2v) is 13.9. The summed E-state index contributed by atoms with van der Waals surface area (Å²) in [5.41, 5.74) is 0. The maximum atomic E-state index is 13.4. The minimum absolute atomic E-state index is 0.00715. The van der Waals surface area contributed by atoms with Gasteiger partial charge in [-0.1, -0.05) is 28.1 Å². The lowest BCUT2D eigenvalue weighted by atomic mass is 10.1. The molecular weight excluding hydrogens is 626 g/mol. The van der Waals surface area contributed by atoms with Crippen molar-refractivity contribution in [2.45, 2.75) is 42.7 Å². The molecule has 3 fully saturated rings. The Morgan fingerprint density at radius 3 is 2.43 bits per heavy atom. The molecule has 0 spiro atoms. The molecule has 13 heteroatoms. The molecule has 0 aromatic heterocycles. The number of piperidine rings is 1. The quantitative estimate of drug-likeness (QED) is 0.433. The summed E-state index contributed by atoms with van der Waals surface area (Å²) in [4.78, 5) is 46.4. The Labute approximate surface area is 255 Å². The van der Waals surface area contributed by atoms with Crippen LogP contribution in [0.15, 0.2) is 45.8 Å². The van der Waals surface area contributed by atoms with Crippen molar-refractivity contribution in [3.8, 4) is 0 Å². The number of hydrogen-bond donors (Lipinski definition) is 1. The molecule has 228 valence electrons. The van der Waals surface area contributed by atoms with Gasteiger partial charge >= 0.3 is 0 Å². The summed E-state index contributed by atoms with van der Waals surface area (Å²) in [5, 5.41) is 1.69. The summed E-state index contributed by atoms with van der Waals surface area (Å²) >= 11 is 3.43. The number of nitrogens with one attached hydrogen (secondary N) is 1. The number of carbonyl (C=O) groups excluding carboxylic acids is 3. The van der Waals surface area contributed by atoms with Crippen LogP contribution in [0.2, 0.25) is 0 Å². The molecule has 5 rings (SSSR count). The van der Waals surface area contributed by atoms with Crippen LogP contribution in [-0.4, -0.2) is 124 Å². The number of likely N-dealkylation sites (tertiary alicyclic amines) is 2. The average molecular weight is 665 g/mol. The van der Waals surface area contributed by atoms with Gasteiger partial charge in [-0.2, -0.15) is 4.72 Å². The van der Waals surface area contributed by atoms with E-state index in [1.807, 2.05) is 28.0 Å². The van der Waals surface area contributed by atoms with Crippen molar-refractivity contribution < 1.29 is 27.5 Å². The number of halogens is 1. The number of amides is 3. The van der Waals surface area contributed by atoms with Crippen LogP contribution in [-0.2, 0) is 29.1 Å². The highest BCUT2D eigenvalue weighted by Crippen LogP contribution is 2.24. The molecule has 2 unspecified atom stereocenters. The summed E-state index contributed by atoms with van der Waals surface area (Å²) in [6.07, 6.45) is 2.79. The fraction of sp³-hybridized carbons (Fsp3) is 0.552. The van der Waals surface area contributed by atoms with Gasteiger partial charge in [-0.25, -0.2) is 8.42 Å². The van der Waals surface area contributed by atoms with Crippen LogP contribution >= 0.6 is 15.9 Å². The van der Waals surface area contributed by atoms with Gasteiger partial charge in [-0.05, 0) is 60.7 Å². The summed E-state index contributed by atoms with van der Waals surface area (Å²) < 4.78 is 34.9. The number of fused-ring (bicyclic) bond motifs is 1. The molecule has 0 aliphatic carbocycles. The highest BCUT2D eigenvalue weighted by atomic mass is 79.9. The standard InChI is InChI=1S/C29H38BrN5O6S/c1-41-20-28(37)33-14-12-32(13-15-33)18-24-4-2-11-35(24)27(36)19-34-10-3-5-26(29(34)38)31-42(39,40)25-9-7-21-16-23(30)8-6-22(21)17-25/h6-9,16-17,24,26,31H,2-5,10-15,18-20H2,1H3. The Bertz CT molecular complexity index is 1430. The van der Waals surface area contributed by atoms with Crippen LogP contribution in [0.1, 0.15) is 25.7 Å². The fourth-order valence-corrected chi connectivity index (χ4v) is 7.76. The lowest BCUT2D eigenvalue weighted by Gasteiger charge is -2.38. The number of rotatable bonds is 9. The van der Waals surface area contributed by atoms with E-state index in [-0.39, 0.29) is 41.8 Å². The van der Waals surface area contributed by atoms with E-state index in [1.165, 1.54) is 18.1 Å². The second-order valence-electron chi connectivity index (χ2n) is 11.2. The maximum Gasteiger partial charge on any atom is 0.248 e. The third-order valence-corrected chi connectivity index (χ3v) is 10.4. The molecule has 42 heavy (non-hydrogen) atoms. The van der Waals surface area contributed by atoms with Gasteiger partial charge in [0, 0.05) is 63.4 Å². The van der Waals surface area contributed by atoms with E-state index < -0.39 is 16.1 Å². The highest BCUT2D eigenvalue weighted by Gasteiger charge is 2.36. The molecule has 1 N–H and O–H groups in total. The van der Waals surface area contributed by atoms with Crippen molar-refractivity contribution in [3.05, 3.63) is 40.9 Å². The topological polar surface area (TPSA) is 120 Å². The molecule has 0 bridgehead atoms. The zero-order valence-corrected chi connectivity index (χ0v) is 26.2. The smallest absolute Gasteiger partial charge is 0.248 e. The molecule has 2 aromatic carbocycles. The van der Waals surface area contributed by atoms with Crippen LogP contribution in [0.3, 0.4) is 0 Å². The molecule has 2 atom stereocenters. The molecular formula is C29H38BrN5O6S. The molecule has 3 amide bonds. The van der Waals surface area contributed by atoms with E-state index >= 15 is 0 Å². The van der Waals surface area contributed by atoms with Gasteiger partial charge in [0.05, 0.1) is 11.4 Å². The number of nitrogens with zero attached hydrogens (tertiary/aromatic N) is 4. The van der Waals surface area contributed by atoms with Gasteiger partial charge in [0.1, 0.15) is 12.6 Å². The third-order valence-electron chi connectivity index (χ3n) is 8.40. The van der Waals surface area contributed by atoms with Crippen LogP contribution in [0.4, 0.5) is 0 Å². The van der Waals surface area contributed by atoms with Gasteiger partial charge < -0.3 is 19.4 Å². The van der Waals surface area contributed by atoms with Gasteiger partial charge in [0.15, 0.2) is 0 Å². The Hall–Kier alpha value is -2.58. The molecule has 3 aliphatic heterocycles. The first-order valence-electron chi connectivity index (χ1n) is 14.4. The largest absolute Gasteiger partial charge is 0.375 e. The summed E-state index contributed by atoms with van der Waals surface area (Å²) in [7, 11) is -2.43. The summed E-state index contributed by atoms with van der Waals surface area (Å²) in [5.74, 6) is -0.480. The van der Waals surface area contributed by atoms with Gasteiger partial charge in [0.2, 0.25) is 27.7 Å². The number of carbonyl (C=O) groups is 3. The average Bonchev–Trinajstić information content (AvgIpc) is 3.43. The zero-order chi connectivity index (χ0) is 29.9. The van der Waals surface area contributed by atoms with E-state index in [0.29, 0.717) is 39.0 Å². The Morgan fingerprint density at radius 2 is 1.67 bits per heavy atom. The van der Waals surface area contributed by atoms with Crippen LogP contribution in [0.25, 0.3) is 10.8 Å². The van der Waals surface area contributed by atoms with E-state index in [1.54, 1.807) is 12.1 Å². The SMILES string of the molecule is COCC(=O)N1CCN(CC2CCCN2C(=O)CN2CCCC(NS(=O)(=O)c3ccc4cc(Br)ccc4c3)C2=O)CC1. The first kappa shape index (κ1) is 30.9. The molecule has 3 heterocycles. The molecule has 2 aromatic rings. The number of ether oxygens (including phenoxy) is 1. The number of methoxy groups -OCH3 is 1. The Balaban J connectivity index is 1.16. The maximum absolute atomic E-state index is 13.4. The first-order valence-corrected chi connectivity index (χ1v) is 16.7. The van der Waals surface area contributed by atoms with E-state index in [4.69, 9.17) is 4.74 Å². The number of piperazine rings is 1. The van der Waals surface area contributed by atoms with Crippen molar-refractivity contribution in [1.82, 2.24) is 24.3 Å². The third kappa shape index (κ3) is 7.13. The molecule has 0 radical (unpaired) electrons. The van der Waals surface area contributed by atoms with E-state index in [0.717, 1.165) is 47.7 Å². The van der Waals surface area contributed by atoms with Gasteiger partial charge in [0.25, 0.3) is 0 Å². The number of sulfonamides is 1. The van der Waals surface area contributed by atoms with Crippen molar-refractivity contribution in [1.29, 1.82) is 0 Å². The van der Waals surface area contributed by atoms with Gasteiger partial charge in [-0.15, -0.1) is 0 Å². The number of hydrogen-bond acceptors (Lipinski definition) is 7. The molecule has 3 aliphatic rings. The Morgan fingerprint density at radius 1 is 0.952 bits per heavy atom. The second kappa shape index (κ2) is 13.4. The van der Waals surface area contributed by atoms with E-state index in [2.05, 4.69) is 25.6 Å². The lowest BCUT2D eigenvalue weighted by Crippen LogP contribution is -2.56. The summed E-state index contributed by atoms with van der Waals surface area (Å²) in [6, 6.07) is 9.63. The minimum atomic E-state index is -3.94. The molecule has 11 nitrogen and oxygen atoms in total. The number of benzene rings is 2. The van der Waals surface area contributed by atoms with Crippen molar-refractivity contribution in [3.63, 3.8) is 0 Å². The zero-order valence-electron chi connectivity index (χ0n) is 23.8. The predicted octanol–water partition coefficient (Wildman–Crippen LogP) is 1.65. The molecule has 0 saturated carbocycles. The van der Waals surface area contributed by atoms with Crippen molar-refractivity contribution >= 4 is 54.4 Å². The molecule has 3 saturated heterocycles. The van der Waals surface area contributed by atoms with Crippen LogP contribution in [0.5, 0.6) is 0 Å². The predicted molar refractivity (Wildman–Crippen MR) is 161 cm³/mol. The summed E-state index contributed by atoms with van der Waals surface area (Å²) in [6.45, 7) is 4.60. The van der Waals surface area contributed by atoms with E-state index in [9.17, 15) is 22.8 Å².